The standard InChI is InChI=1S/C21H21N3O3/c1-24-19(25)12-17(20(24)14-4-3-5-16(11-14)27-2)21(26)23-15-6-7-18-13(10-15)8-9-22-18/h3-11,17,20,22H,12H2,1-2H3,(H,23,26)/t17-,20-/m1/s1. The Morgan fingerprint density at radius 3 is 2.89 bits per heavy atom. The third-order valence-corrected chi connectivity index (χ3v) is 5.18. The van der Waals surface area contributed by atoms with Crippen LogP contribution in [0.4, 0.5) is 5.69 Å². The zero-order valence-corrected chi connectivity index (χ0v) is 15.2. The third-order valence-electron chi connectivity index (χ3n) is 5.18. The van der Waals surface area contributed by atoms with Crippen molar-refractivity contribution in [3.8, 4) is 5.75 Å². The fourth-order valence-corrected chi connectivity index (χ4v) is 3.75. The van der Waals surface area contributed by atoms with Crippen molar-refractivity contribution < 1.29 is 14.3 Å². The van der Waals surface area contributed by atoms with E-state index < -0.39 is 5.92 Å². The lowest BCUT2D eigenvalue weighted by Gasteiger charge is -2.25. The van der Waals surface area contributed by atoms with Gasteiger partial charge in [0.25, 0.3) is 0 Å². The average Bonchev–Trinajstić information content (AvgIpc) is 3.26. The third kappa shape index (κ3) is 3.14. The van der Waals surface area contributed by atoms with Gasteiger partial charge in [0.05, 0.1) is 19.1 Å². The van der Waals surface area contributed by atoms with Crippen molar-refractivity contribution in [2.75, 3.05) is 19.5 Å². The first-order chi connectivity index (χ1) is 13.1. The first-order valence-corrected chi connectivity index (χ1v) is 8.84. The molecule has 6 nitrogen and oxygen atoms in total. The van der Waals surface area contributed by atoms with Crippen molar-refractivity contribution in [2.45, 2.75) is 12.5 Å². The van der Waals surface area contributed by atoms with Gasteiger partial charge in [-0.3, -0.25) is 9.59 Å². The second kappa shape index (κ2) is 6.79. The van der Waals surface area contributed by atoms with E-state index >= 15 is 0 Å². The van der Waals surface area contributed by atoms with Gasteiger partial charge < -0.3 is 19.9 Å². The summed E-state index contributed by atoms with van der Waals surface area (Å²) in [6.45, 7) is 0. The summed E-state index contributed by atoms with van der Waals surface area (Å²) in [5.74, 6) is 0.0494. The molecule has 27 heavy (non-hydrogen) atoms. The second-order valence-corrected chi connectivity index (χ2v) is 6.81. The molecule has 0 saturated carbocycles. The quantitative estimate of drug-likeness (QED) is 0.747. The molecule has 2 amide bonds. The highest BCUT2D eigenvalue weighted by atomic mass is 16.5. The molecule has 0 bridgehead atoms. The summed E-state index contributed by atoms with van der Waals surface area (Å²) in [6, 6.07) is 14.9. The van der Waals surface area contributed by atoms with Gasteiger partial charge in [-0.15, -0.1) is 0 Å². The van der Waals surface area contributed by atoms with Crippen LogP contribution >= 0.6 is 0 Å². The maximum Gasteiger partial charge on any atom is 0.230 e. The van der Waals surface area contributed by atoms with Crippen molar-refractivity contribution in [1.82, 2.24) is 9.88 Å². The van der Waals surface area contributed by atoms with Crippen LogP contribution in [-0.2, 0) is 9.59 Å². The molecule has 1 saturated heterocycles. The number of hydrogen-bond donors (Lipinski definition) is 2. The summed E-state index contributed by atoms with van der Waals surface area (Å²) < 4.78 is 5.29. The van der Waals surface area contributed by atoms with E-state index in [2.05, 4.69) is 10.3 Å². The largest absolute Gasteiger partial charge is 0.497 e. The maximum absolute atomic E-state index is 13.0. The van der Waals surface area contributed by atoms with E-state index in [4.69, 9.17) is 4.74 Å². The molecule has 2 aromatic carbocycles. The molecule has 1 aliphatic heterocycles. The van der Waals surface area contributed by atoms with Crippen molar-refractivity contribution in [1.29, 1.82) is 0 Å². The number of aromatic nitrogens is 1. The van der Waals surface area contributed by atoms with Crippen molar-refractivity contribution in [2.24, 2.45) is 5.92 Å². The molecule has 6 heteroatoms. The number of likely N-dealkylation sites (tertiary alicyclic amines) is 1. The molecule has 1 fully saturated rings. The Kier molecular flexibility index (Phi) is 4.32. The molecule has 2 heterocycles. The van der Waals surface area contributed by atoms with E-state index in [9.17, 15) is 9.59 Å². The number of fused-ring (bicyclic) bond motifs is 1. The van der Waals surface area contributed by atoms with E-state index in [1.807, 2.05) is 54.7 Å². The predicted molar refractivity (Wildman–Crippen MR) is 104 cm³/mol. The average molecular weight is 363 g/mol. The molecular formula is C21H21N3O3. The number of hydrogen-bond acceptors (Lipinski definition) is 3. The van der Waals surface area contributed by atoms with Crippen LogP contribution in [0, 0.1) is 5.92 Å². The number of nitrogens with zero attached hydrogens (tertiary/aromatic N) is 1. The van der Waals surface area contributed by atoms with Gasteiger partial charge in [0.1, 0.15) is 5.75 Å². The Morgan fingerprint density at radius 1 is 1.22 bits per heavy atom. The smallest absolute Gasteiger partial charge is 0.230 e. The Hall–Kier alpha value is -3.28. The van der Waals surface area contributed by atoms with Crippen molar-refractivity contribution in [3.05, 3.63) is 60.3 Å². The van der Waals surface area contributed by atoms with E-state index in [-0.39, 0.29) is 24.3 Å². The lowest BCUT2D eigenvalue weighted by molar-refractivity contribution is -0.127. The van der Waals surface area contributed by atoms with Gasteiger partial charge in [-0.05, 0) is 42.0 Å². The van der Waals surface area contributed by atoms with Crippen LogP contribution in [0.5, 0.6) is 5.75 Å². The zero-order valence-electron chi connectivity index (χ0n) is 15.2. The Morgan fingerprint density at radius 2 is 2.07 bits per heavy atom. The summed E-state index contributed by atoms with van der Waals surface area (Å²) >= 11 is 0. The zero-order chi connectivity index (χ0) is 19.0. The van der Waals surface area contributed by atoms with E-state index in [1.165, 1.54) is 0 Å². The minimum Gasteiger partial charge on any atom is -0.497 e. The van der Waals surface area contributed by atoms with Gasteiger partial charge in [-0.25, -0.2) is 0 Å². The Balaban J connectivity index is 1.61. The number of anilines is 1. The first kappa shape index (κ1) is 17.1. The summed E-state index contributed by atoms with van der Waals surface area (Å²) in [4.78, 5) is 30.1. The number of H-pyrrole nitrogens is 1. The molecule has 138 valence electrons. The van der Waals surface area contributed by atoms with Crippen LogP contribution in [0.25, 0.3) is 10.9 Å². The molecule has 1 aromatic heterocycles. The highest BCUT2D eigenvalue weighted by molar-refractivity contribution is 5.99. The van der Waals surface area contributed by atoms with Crippen LogP contribution in [0.1, 0.15) is 18.0 Å². The minimum atomic E-state index is -0.462. The molecule has 2 atom stereocenters. The Bertz CT molecular complexity index is 1010. The Labute approximate surface area is 157 Å². The van der Waals surface area contributed by atoms with E-state index in [1.54, 1.807) is 19.1 Å². The SMILES string of the molecule is COc1cccc([C@@H]2[C@H](C(=O)Nc3ccc4[nH]ccc4c3)CC(=O)N2C)c1. The number of methoxy groups -OCH3 is 1. The minimum absolute atomic E-state index is 0.0379. The number of benzene rings is 2. The molecule has 0 unspecified atom stereocenters. The van der Waals surface area contributed by atoms with Gasteiger partial charge >= 0.3 is 0 Å². The first-order valence-electron chi connectivity index (χ1n) is 8.84. The number of carbonyl (C=O) groups is 2. The molecule has 3 aromatic rings. The van der Waals surface area contributed by atoms with Crippen molar-refractivity contribution in [3.63, 3.8) is 0 Å². The van der Waals surface area contributed by atoms with Gasteiger partial charge in [-0.1, -0.05) is 12.1 Å². The van der Waals surface area contributed by atoms with Gasteiger partial charge in [0.2, 0.25) is 11.8 Å². The molecule has 0 aliphatic carbocycles. The highest BCUT2D eigenvalue weighted by Gasteiger charge is 2.42. The monoisotopic (exact) mass is 363 g/mol. The summed E-state index contributed by atoms with van der Waals surface area (Å²) in [6.07, 6.45) is 2.05. The lowest BCUT2D eigenvalue weighted by Crippen LogP contribution is -2.30. The van der Waals surface area contributed by atoms with Crippen molar-refractivity contribution >= 4 is 28.4 Å². The van der Waals surface area contributed by atoms with Gasteiger partial charge in [-0.2, -0.15) is 0 Å². The second-order valence-electron chi connectivity index (χ2n) is 6.81. The van der Waals surface area contributed by atoms with Crippen LogP contribution in [0.15, 0.2) is 54.7 Å². The number of aromatic amines is 1. The van der Waals surface area contributed by atoms with Gasteiger partial charge in [0, 0.05) is 36.3 Å². The molecule has 4 rings (SSSR count). The number of carbonyl (C=O) groups excluding carboxylic acids is 2. The highest BCUT2D eigenvalue weighted by Crippen LogP contribution is 2.38. The summed E-state index contributed by atoms with van der Waals surface area (Å²) in [5, 5.41) is 4.00. The fourth-order valence-electron chi connectivity index (χ4n) is 3.75. The van der Waals surface area contributed by atoms with E-state index in [0.29, 0.717) is 5.75 Å². The number of rotatable bonds is 4. The summed E-state index contributed by atoms with van der Waals surface area (Å²) in [7, 11) is 3.34. The number of nitrogens with one attached hydrogen (secondary N) is 2. The van der Waals surface area contributed by atoms with Crippen LogP contribution < -0.4 is 10.1 Å². The predicted octanol–water partition coefficient (Wildman–Crippen LogP) is 3.33. The van der Waals surface area contributed by atoms with Crippen LogP contribution in [-0.4, -0.2) is 35.9 Å². The van der Waals surface area contributed by atoms with Gasteiger partial charge in [0.15, 0.2) is 0 Å². The maximum atomic E-state index is 13.0. The molecular weight excluding hydrogens is 342 g/mol. The van der Waals surface area contributed by atoms with Crippen LogP contribution in [0.3, 0.4) is 0 Å². The number of amides is 2. The van der Waals surface area contributed by atoms with E-state index in [0.717, 1.165) is 22.2 Å². The lowest BCUT2D eigenvalue weighted by atomic mass is 9.92. The van der Waals surface area contributed by atoms with Crippen LogP contribution in [0.2, 0.25) is 0 Å². The normalized spacial score (nSPS) is 19.5. The topological polar surface area (TPSA) is 74.4 Å². The molecule has 0 spiro atoms. The molecule has 1 aliphatic rings. The molecule has 2 N–H and O–H groups in total. The number of ether oxygens (including phenoxy) is 1. The summed E-state index contributed by atoms with van der Waals surface area (Å²) in [5.41, 5.74) is 2.63. The molecule has 0 radical (unpaired) electrons. The fraction of sp³-hybridized carbons (Fsp3) is 0.238.